The molecule has 0 unspecified atom stereocenters. The normalized spacial score (nSPS) is 11.3. The highest BCUT2D eigenvalue weighted by Gasteiger charge is 2.07. The van der Waals surface area contributed by atoms with Gasteiger partial charge in [0.2, 0.25) is 5.91 Å². The summed E-state index contributed by atoms with van der Waals surface area (Å²) in [5.41, 5.74) is 2.63. The van der Waals surface area contributed by atoms with Crippen molar-refractivity contribution in [2.24, 2.45) is 7.05 Å². The molecule has 0 spiro atoms. The molecule has 1 heterocycles. The third kappa shape index (κ3) is 3.45. The van der Waals surface area contributed by atoms with Crippen LogP contribution in [0.3, 0.4) is 0 Å². The van der Waals surface area contributed by atoms with Crippen molar-refractivity contribution in [2.75, 3.05) is 0 Å². The average Bonchev–Trinajstić information content (AvgIpc) is 2.91. The van der Waals surface area contributed by atoms with Gasteiger partial charge in [-0.3, -0.25) is 4.79 Å². The van der Waals surface area contributed by atoms with Gasteiger partial charge in [-0.2, -0.15) is 0 Å². The minimum Gasteiger partial charge on any atom is -0.345 e. The van der Waals surface area contributed by atoms with E-state index in [4.69, 9.17) is 23.2 Å². The molecule has 0 aliphatic rings. The number of nitrogens with zero attached hydrogens (tertiary/aromatic N) is 2. The molecule has 122 valence electrons. The van der Waals surface area contributed by atoms with Gasteiger partial charge < -0.3 is 9.88 Å². The Morgan fingerprint density at radius 3 is 2.79 bits per heavy atom. The molecule has 0 radical (unpaired) electrons. The van der Waals surface area contributed by atoms with Crippen molar-refractivity contribution < 1.29 is 4.79 Å². The van der Waals surface area contributed by atoms with Gasteiger partial charge >= 0.3 is 0 Å². The van der Waals surface area contributed by atoms with E-state index in [9.17, 15) is 4.79 Å². The number of carbonyl (C=O) groups excluding carboxylic acids is 1. The summed E-state index contributed by atoms with van der Waals surface area (Å²) in [5.74, 6) is 0.567. The number of rotatable bonds is 4. The van der Waals surface area contributed by atoms with E-state index in [0.717, 1.165) is 16.9 Å². The third-order valence-corrected chi connectivity index (χ3v) is 4.53. The second-order valence-corrected chi connectivity index (χ2v) is 6.06. The van der Waals surface area contributed by atoms with Gasteiger partial charge in [0.25, 0.3) is 0 Å². The molecule has 3 rings (SSSR count). The number of carbonyl (C=O) groups is 1. The van der Waals surface area contributed by atoms with Crippen LogP contribution in [0.15, 0.2) is 48.5 Å². The lowest BCUT2D eigenvalue weighted by molar-refractivity contribution is -0.116. The van der Waals surface area contributed by atoms with E-state index in [1.54, 1.807) is 24.3 Å². The lowest BCUT2D eigenvalue weighted by Gasteiger charge is -2.03. The quantitative estimate of drug-likeness (QED) is 0.709. The number of amides is 1. The van der Waals surface area contributed by atoms with Crippen molar-refractivity contribution >= 4 is 46.2 Å². The Bertz CT molecular complexity index is 931. The van der Waals surface area contributed by atoms with Gasteiger partial charge in [0.05, 0.1) is 27.6 Å². The number of aromatic nitrogens is 2. The number of hydrogen-bond acceptors (Lipinski definition) is 2. The number of benzene rings is 2. The largest absolute Gasteiger partial charge is 0.345 e. The van der Waals surface area contributed by atoms with E-state index in [1.165, 1.54) is 6.08 Å². The van der Waals surface area contributed by atoms with Crippen LogP contribution in [0.2, 0.25) is 10.0 Å². The molecular weight excluding hydrogens is 345 g/mol. The predicted octanol–water partition coefficient (Wildman–Crippen LogP) is 4.21. The van der Waals surface area contributed by atoms with Gasteiger partial charge in [-0.25, -0.2) is 4.98 Å². The summed E-state index contributed by atoms with van der Waals surface area (Å²) in [6, 6.07) is 13.1. The fourth-order valence-corrected chi connectivity index (χ4v) is 2.76. The SMILES string of the molecule is Cn1c(CNC(=O)/C=C/c2cccc(Cl)c2Cl)nc2ccccc21. The first-order chi connectivity index (χ1) is 11.6. The first-order valence-electron chi connectivity index (χ1n) is 7.36. The molecule has 0 aliphatic carbocycles. The highest BCUT2D eigenvalue weighted by Crippen LogP contribution is 2.26. The zero-order valence-electron chi connectivity index (χ0n) is 13.0. The van der Waals surface area contributed by atoms with Crippen molar-refractivity contribution in [3.05, 3.63) is 70.0 Å². The summed E-state index contributed by atoms with van der Waals surface area (Å²) in [6.07, 6.45) is 3.07. The smallest absolute Gasteiger partial charge is 0.244 e. The fourth-order valence-electron chi connectivity index (χ4n) is 2.39. The Labute approximate surface area is 149 Å². The number of halogens is 2. The highest BCUT2D eigenvalue weighted by atomic mass is 35.5. The number of nitrogens with one attached hydrogen (secondary N) is 1. The molecule has 1 aromatic heterocycles. The zero-order chi connectivity index (χ0) is 17.1. The van der Waals surface area contributed by atoms with Crippen LogP contribution in [0.25, 0.3) is 17.1 Å². The molecule has 0 bridgehead atoms. The van der Waals surface area contributed by atoms with Gasteiger partial charge in [-0.15, -0.1) is 0 Å². The maximum Gasteiger partial charge on any atom is 0.244 e. The molecule has 24 heavy (non-hydrogen) atoms. The molecule has 1 N–H and O–H groups in total. The standard InChI is InChI=1S/C18H15Cl2N3O/c1-23-15-8-3-2-7-14(15)22-16(23)11-21-17(24)10-9-12-5-4-6-13(19)18(12)20/h2-10H,11H2,1H3,(H,21,24)/b10-9+. The van der Waals surface area contributed by atoms with Crippen molar-refractivity contribution in [2.45, 2.75) is 6.54 Å². The maximum absolute atomic E-state index is 12.0. The molecular formula is C18H15Cl2N3O. The molecule has 2 aromatic carbocycles. The Kier molecular flexibility index (Phi) is 4.88. The lowest BCUT2D eigenvalue weighted by atomic mass is 10.2. The molecule has 0 saturated carbocycles. The Morgan fingerprint density at radius 1 is 1.21 bits per heavy atom. The van der Waals surface area contributed by atoms with Crippen molar-refractivity contribution in [3.8, 4) is 0 Å². The number of para-hydroxylation sites is 2. The van der Waals surface area contributed by atoms with Crippen LogP contribution in [-0.4, -0.2) is 15.5 Å². The van der Waals surface area contributed by atoms with Gasteiger partial charge in [0, 0.05) is 13.1 Å². The van der Waals surface area contributed by atoms with Crippen molar-refractivity contribution in [3.63, 3.8) is 0 Å². The van der Waals surface area contributed by atoms with Crippen LogP contribution >= 0.6 is 23.2 Å². The number of imidazole rings is 1. The second-order valence-electron chi connectivity index (χ2n) is 5.27. The van der Waals surface area contributed by atoms with Gasteiger partial charge in [0.15, 0.2) is 0 Å². The molecule has 6 heteroatoms. The van der Waals surface area contributed by atoms with Crippen LogP contribution in [-0.2, 0) is 18.4 Å². The third-order valence-electron chi connectivity index (χ3n) is 3.70. The van der Waals surface area contributed by atoms with E-state index < -0.39 is 0 Å². The van der Waals surface area contributed by atoms with E-state index in [0.29, 0.717) is 22.2 Å². The summed E-state index contributed by atoms with van der Waals surface area (Å²) in [4.78, 5) is 16.5. The van der Waals surface area contributed by atoms with Gasteiger partial charge in [-0.1, -0.05) is 47.5 Å². The second kappa shape index (κ2) is 7.07. The highest BCUT2D eigenvalue weighted by molar-refractivity contribution is 6.42. The monoisotopic (exact) mass is 359 g/mol. The van der Waals surface area contributed by atoms with Crippen LogP contribution in [0, 0.1) is 0 Å². The number of hydrogen-bond donors (Lipinski definition) is 1. The van der Waals surface area contributed by atoms with Crippen LogP contribution in [0.1, 0.15) is 11.4 Å². The molecule has 0 atom stereocenters. The molecule has 4 nitrogen and oxygen atoms in total. The van der Waals surface area contributed by atoms with Gasteiger partial charge in [0.1, 0.15) is 5.82 Å². The average molecular weight is 360 g/mol. The van der Waals surface area contributed by atoms with E-state index in [2.05, 4.69) is 10.3 Å². The first kappa shape index (κ1) is 16.6. The van der Waals surface area contributed by atoms with E-state index >= 15 is 0 Å². The molecule has 1 amide bonds. The Morgan fingerprint density at radius 2 is 2.00 bits per heavy atom. The van der Waals surface area contributed by atoms with Crippen LogP contribution in [0.5, 0.6) is 0 Å². The molecule has 3 aromatic rings. The summed E-state index contributed by atoms with van der Waals surface area (Å²) in [6.45, 7) is 0.345. The van der Waals surface area contributed by atoms with Crippen molar-refractivity contribution in [1.29, 1.82) is 0 Å². The minimum atomic E-state index is -0.224. The predicted molar refractivity (Wildman–Crippen MR) is 98.1 cm³/mol. The minimum absolute atomic E-state index is 0.224. The van der Waals surface area contributed by atoms with Crippen LogP contribution < -0.4 is 5.32 Å². The summed E-state index contributed by atoms with van der Waals surface area (Å²) in [5, 5.41) is 3.71. The zero-order valence-corrected chi connectivity index (χ0v) is 14.5. The summed E-state index contributed by atoms with van der Waals surface area (Å²) >= 11 is 12.0. The number of aryl methyl sites for hydroxylation is 1. The molecule has 0 saturated heterocycles. The topological polar surface area (TPSA) is 46.9 Å². The van der Waals surface area contributed by atoms with Crippen LogP contribution in [0.4, 0.5) is 0 Å². The van der Waals surface area contributed by atoms with Gasteiger partial charge in [-0.05, 0) is 29.8 Å². The Hall–Kier alpha value is -2.30. The summed E-state index contributed by atoms with van der Waals surface area (Å²) in [7, 11) is 1.93. The fraction of sp³-hybridized carbons (Fsp3) is 0.111. The lowest BCUT2D eigenvalue weighted by Crippen LogP contribution is -2.22. The first-order valence-corrected chi connectivity index (χ1v) is 8.12. The maximum atomic E-state index is 12.0. The Balaban J connectivity index is 1.68. The molecule has 0 fully saturated rings. The number of fused-ring (bicyclic) bond motifs is 1. The van der Waals surface area contributed by atoms with E-state index in [-0.39, 0.29) is 5.91 Å². The molecule has 0 aliphatic heterocycles. The summed E-state index contributed by atoms with van der Waals surface area (Å²) < 4.78 is 1.97. The van der Waals surface area contributed by atoms with E-state index in [1.807, 2.05) is 35.9 Å². The van der Waals surface area contributed by atoms with Crippen molar-refractivity contribution in [1.82, 2.24) is 14.9 Å².